The standard InChI is InChI=1S/C26H29F3N4O4S/c1-2-32-23(14-24(31-32)37-22-11-9-20(10-12-22)26(27,28)29)19-7-4-8-21(13-19)25(16-36-17-25)33(38(30,34)35)15-18-5-3-6-18/h4,7-14,18H,2-3,5-6,15-17H2,1H3,(H2,30,34,35). The molecular weight excluding hydrogens is 521 g/mol. The zero-order chi connectivity index (χ0) is 27.1. The summed E-state index contributed by atoms with van der Waals surface area (Å²) < 4.78 is 78.4. The van der Waals surface area contributed by atoms with Crippen LogP contribution in [0.1, 0.15) is 37.3 Å². The predicted molar refractivity (Wildman–Crippen MR) is 135 cm³/mol. The number of hydrogen-bond acceptors (Lipinski definition) is 5. The van der Waals surface area contributed by atoms with Gasteiger partial charge in [0, 0.05) is 24.7 Å². The fourth-order valence-electron chi connectivity index (χ4n) is 4.90. The van der Waals surface area contributed by atoms with Crippen molar-refractivity contribution in [2.75, 3.05) is 19.8 Å². The van der Waals surface area contributed by atoms with Crippen molar-refractivity contribution in [3.63, 3.8) is 0 Å². The van der Waals surface area contributed by atoms with Gasteiger partial charge in [-0.3, -0.25) is 4.68 Å². The van der Waals surface area contributed by atoms with E-state index in [1.807, 2.05) is 31.2 Å². The molecule has 1 saturated carbocycles. The zero-order valence-corrected chi connectivity index (χ0v) is 21.6. The van der Waals surface area contributed by atoms with Gasteiger partial charge in [-0.2, -0.15) is 25.9 Å². The molecule has 2 aromatic carbocycles. The van der Waals surface area contributed by atoms with E-state index in [1.54, 1.807) is 10.7 Å². The SMILES string of the molecule is CCn1nc(Oc2ccc(C(F)(F)F)cc2)cc1-c1cccc(C2(N(CC3CCC3)S(N)(=O)=O)COC2)c1. The molecule has 1 aliphatic heterocycles. The normalized spacial score (nSPS) is 17.7. The van der Waals surface area contributed by atoms with Gasteiger partial charge in [0.05, 0.1) is 24.5 Å². The molecule has 2 heterocycles. The van der Waals surface area contributed by atoms with Crippen LogP contribution in [0.5, 0.6) is 11.6 Å². The highest BCUT2D eigenvalue weighted by molar-refractivity contribution is 7.86. The molecule has 0 atom stereocenters. The molecule has 3 aromatic rings. The average molecular weight is 551 g/mol. The maximum atomic E-state index is 12.9. The molecule has 0 bridgehead atoms. The minimum Gasteiger partial charge on any atom is -0.438 e. The Bertz CT molecular complexity index is 1400. The number of nitrogens with two attached hydrogens (primary N) is 1. The molecule has 0 spiro atoms. The van der Waals surface area contributed by atoms with Crippen molar-refractivity contribution >= 4 is 10.2 Å². The van der Waals surface area contributed by atoms with E-state index in [2.05, 4.69) is 5.10 Å². The van der Waals surface area contributed by atoms with Gasteiger partial charge in [0.25, 0.3) is 10.2 Å². The maximum Gasteiger partial charge on any atom is 0.416 e. The molecule has 0 amide bonds. The molecule has 5 rings (SSSR count). The van der Waals surface area contributed by atoms with E-state index in [4.69, 9.17) is 14.6 Å². The van der Waals surface area contributed by atoms with Gasteiger partial charge in [0.15, 0.2) is 0 Å². The Morgan fingerprint density at radius 2 is 1.87 bits per heavy atom. The van der Waals surface area contributed by atoms with Gasteiger partial charge in [0.2, 0.25) is 5.88 Å². The molecule has 1 aliphatic carbocycles. The van der Waals surface area contributed by atoms with Crippen molar-refractivity contribution in [2.45, 2.75) is 44.4 Å². The van der Waals surface area contributed by atoms with E-state index in [0.717, 1.165) is 42.5 Å². The van der Waals surface area contributed by atoms with Crippen LogP contribution in [0.3, 0.4) is 0 Å². The third-order valence-corrected chi connectivity index (χ3v) is 8.38. The number of ether oxygens (including phenoxy) is 2. The first-order chi connectivity index (χ1) is 18.0. The lowest BCUT2D eigenvalue weighted by Gasteiger charge is -2.49. The van der Waals surface area contributed by atoms with Crippen molar-refractivity contribution in [1.29, 1.82) is 0 Å². The van der Waals surface area contributed by atoms with Crippen LogP contribution < -0.4 is 9.88 Å². The van der Waals surface area contributed by atoms with E-state index < -0.39 is 27.5 Å². The Balaban J connectivity index is 1.44. The fourth-order valence-corrected chi connectivity index (χ4v) is 6.02. The number of halogens is 3. The molecule has 12 heteroatoms. The Kier molecular flexibility index (Phi) is 7.01. The van der Waals surface area contributed by atoms with Crippen molar-refractivity contribution in [3.8, 4) is 22.9 Å². The van der Waals surface area contributed by atoms with Crippen LogP contribution in [-0.4, -0.2) is 42.3 Å². The van der Waals surface area contributed by atoms with E-state index >= 15 is 0 Å². The zero-order valence-electron chi connectivity index (χ0n) is 20.8. The van der Waals surface area contributed by atoms with E-state index in [0.29, 0.717) is 18.8 Å². The molecular formula is C26H29F3N4O4S. The van der Waals surface area contributed by atoms with Crippen LogP contribution in [0.15, 0.2) is 54.6 Å². The number of aryl methyl sites for hydroxylation is 1. The second-order valence-corrected chi connectivity index (χ2v) is 11.3. The Morgan fingerprint density at radius 3 is 2.39 bits per heavy atom. The van der Waals surface area contributed by atoms with Gasteiger partial charge in [0.1, 0.15) is 11.3 Å². The number of benzene rings is 2. The largest absolute Gasteiger partial charge is 0.438 e. The second-order valence-electron chi connectivity index (χ2n) is 9.79. The van der Waals surface area contributed by atoms with Gasteiger partial charge in [-0.05, 0) is 61.6 Å². The highest BCUT2D eigenvalue weighted by Crippen LogP contribution is 2.41. The molecule has 204 valence electrons. The average Bonchev–Trinajstić information content (AvgIpc) is 3.21. The lowest BCUT2D eigenvalue weighted by molar-refractivity contribution is -0.137. The van der Waals surface area contributed by atoms with Crippen LogP contribution in [0.25, 0.3) is 11.3 Å². The fraction of sp³-hybridized carbons (Fsp3) is 0.423. The Morgan fingerprint density at radius 1 is 1.16 bits per heavy atom. The number of rotatable bonds is 9. The van der Waals surface area contributed by atoms with Crippen LogP contribution in [0.2, 0.25) is 0 Å². The van der Waals surface area contributed by atoms with Crippen molar-refractivity contribution in [1.82, 2.24) is 14.1 Å². The highest BCUT2D eigenvalue weighted by Gasteiger charge is 2.51. The summed E-state index contributed by atoms with van der Waals surface area (Å²) in [6, 6.07) is 13.6. The summed E-state index contributed by atoms with van der Waals surface area (Å²) in [6.45, 7) is 3.17. The van der Waals surface area contributed by atoms with Gasteiger partial charge < -0.3 is 9.47 Å². The molecule has 2 N–H and O–H groups in total. The van der Waals surface area contributed by atoms with E-state index in [9.17, 15) is 21.6 Å². The monoisotopic (exact) mass is 550 g/mol. The predicted octanol–water partition coefficient (Wildman–Crippen LogP) is 4.91. The summed E-state index contributed by atoms with van der Waals surface area (Å²) in [6.07, 6.45) is -1.40. The highest BCUT2D eigenvalue weighted by atomic mass is 32.2. The van der Waals surface area contributed by atoms with E-state index in [1.165, 1.54) is 16.4 Å². The smallest absolute Gasteiger partial charge is 0.416 e. The molecule has 38 heavy (non-hydrogen) atoms. The molecule has 0 radical (unpaired) electrons. The number of aromatic nitrogens is 2. The first-order valence-corrected chi connectivity index (χ1v) is 13.9. The summed E-state index contributed by atoms with van der Waals surface area (Å²) in [5.41, 5.74) is 0.608. The van der Waals surface area contributed by atoms with Gasteiger partial charge >= 0.3 is 6.18 Å². The van der Waals surface area contributed by atoms with Gasteiger partial charge in [-0.25, -0.2) is 5.14 Å². The summed E-state index contributed by atoms with van der Waals surface area (Å²) in [5, 5.41) is 10.1. The van der Waals surface area contributed by atoms with E-state index in [-0.39, 0.29) is 30.8 Å². The minimum atomic E-state index is -4.43. The van der Waals surface area contributed by atoms with Crippen molar-refractivity contribution in [2.24, 2.45) is 11.1 Å². The molecule has 1 aromatic heterocycles. The Hall–Kier alpha value is -2.93. The number of alkyl halides is 3. The van der Waals surface area contributed by atoms with Crippen molar-refractivity contribution < 1.29 is 31.1 Å². The number of hydrogen-bond donors (Lipinski definition) is 1. The topological polar surface area (TPSA) is 99.7 Å². The third-order valence-electron chi connectivity index (χ3n) is 7.27. The Labute approximate surface area is 219 Å². The molecule has 8 nitrogen and oxygen atoms in total. The molecule has 0 unspecified atom stereocenters. The first-order valence-electron chi connectivity index (χ1n) is 12.4. The summed E-state index contributed by atoms with van der Waals surface area (Å²) in [4.78, 5) is 0. The quantitative estimate of drug-likeness (QED) is 0.408. The van der Waals surface area contributed by atoms with Crippen molar-refractivity contribution in [3.05, 3.63) is 65.7 Å². The van der Waals surface area contributed by atoms with Gasteiger partial charge in [-0.15, -0.1) is 5.10 Å². The summed E-state index contributed by atoms with van der Waals surface area (Å²) >= 11 is 0. The van der Waals surface area contributed by atoms with Gasteiger partial charge in [-0.1, -0.05) is 24.6 Å². The van der Waals surface area contributed by atoms with Crippen LogP contribution in [0.4, 0.5) is 13.2 Å². The number of nitrogens with zero attached hydrogens (tertiary/aromatic N) is 3. The maximum absolute atomic E-state index is 12.9. The lowest BCUT2D eigenvalue weighted by atomic mass is 9.82. The molecule has 2 fully saturated rings. The molecule has 1 saturated heterocycles. The minimum absolute atomic E-state index is 0.203. The van der Waals surface area contributed by atoms with Crippen LogP contribution >= 0.6 is 0 Å². The summed E-state index contributed by atoms with van der Waals surface area (Å²) in [5.74, 6) is 0.731. The molecule has 2 aliphatic rings. The first kappa shape index (κ1) is 26.7. The summed E-state index contributed by atoms with van der Waals surface area (Å²) in [7, 11) is -3.99. The van der Waals surface area contributed by atoms with Crippen LogP contribution in [0, 0.1) is 5.92 Å². The van der Waals surface area contributed by atoms with Crippen LogP contribution in [-0.2, 0) is 33.2 Å². The second kappa shape index (κ2) is 9.99. The lowest BCUT2D eigenvalue weighted by Crippen LogP contribution is -2.63. The third kappa shape index (κ3) is 5.18.